The topological polar surface area (TPSA) is 41.1 Å². The number of hydrogen-bond donors (Lipinski definition) is 1. The molecule has 1 aliphatic heterocycles. The molecule has 4 heteroatoms. The summed E-state index contributed by atoms with van der Waals surface area (Å²) in [5.74, 6) is 1.31. The van der Waals surface area contributed by atoms with E-state index in [2.05, 4.69) is 47.9 Å². The highest BCUT2D eigenvalue weighted by Gasteiger charge is 2.32. The molecule has 19 heavy (non-hydrogen) atoms. The summed E-state index contributed by atoms with van der Waals surface area (Å²) in [5, 5.41) is 3.72. The average molecular weight is 262 g/mol. The lowest BCUT2D eigenvalue weighted by Gasteiger charge is -2.45. The number of piperazine rings is 1. The van der Waals surface area contributed by atoms with E-state index in [0.29, 0.717) is 23.9 Å². The third-order valence-electron chi connectivity index (χ3n) is 4.36. The molecule has 1 aliphatic rings. The van der Waals surface area contributed by atoms with Crippen LogP contribution in [0.1, 0.15) is 34.1 Å². The molecule has 106 valence electrons. The van der Waals surface area contributed by atoms with E-state index in [0.717, 1.165) is 18.8 Å². The first-order chi connectivity index (χ1) is 9.13. The van der Waals surface area contributed by atoms with Gasteiger partial charge in [-0.1, -0.05) is 34.1 Å². The molecule has 4 nitrogen and oxygen atoms in total. The van der Waals surface area contributed by atoms with Gasteiger partial charge in [0.25, 0.3) is 0 Å². The smallest absolute Gasteiger partial charge is 0.115 e. The summed E-state index contributed by atoms with van der Waals surface area (Å²) >= 11 is 0. The second-order valence-corrected chi connectivity index (χ2v) is 5.96. The summed E-state index contributed by atoms with van der Waals surface area (Å²) < 4.78 is 0. The fourth-order valence-corrected chi connectivity index (χ4v) is 2.79. The van der Waals surface area contributed by atoms with Gasteiger partial charge in [-0.15, -0.1) is 0 Å². The van der Waals surface area contributed by atoms with Gasteiger partial charge in [0.05, 0.1) is 18.1 Å². The molecule has 3 unspecified atom stereocenters. The van der Waals surface area contributed by atoms with Crippen LogP contribution in [0, 0.1) is 11.8 Å². The van der Waals surface area contributed by atoms with Gasteiger partial charge in [0.1, 0.15) is 6.33 Å². The normalized spacial score (nSPS) is 25.6. The Kier molecular flexibility index (Phi) is 4.75. The Morgan fingerprint density at radius 3 is 2.58 bits per heavy atom. The van der Waals surface area contributed by atoms with Crippen molar-refractivity contribution in [3.8, 4) is 0 Å². The van der Waals surface area contributed by atoms with E-state index < -0.39 is 0 Å². The highest BCUT2D eigenvalue weighted by Crippen LogP contribution is 2.24. The maximum absolute atomic E-state index is 4.17. The minimum absolute atomic E-state index is 0.520. The maximum atomic E-state index is 4.17. The van der Waals surface area contributed by atoms with Crippen LogP contribution in [0.5, 0.6) is 0 Å². The lowest BCUT2D eigenvalue weighted by Crippen LogP contribution is -2.60. The van der Waals surface area contributed by atoms with Crippen LogP contribution in [0.25, 0.3) is 0 Å². The van der Waals surface area contributed by atoms with E-state index in [1.54, 1.807) is 6.33 Å². The molecule has 0 amide bonds. The molecule has 0 saturated carbocycles. The summed E-state index contributed by atoms with van der Waals surface area (Å²) in [6.07, 6.45) is 6.67. The Morgan fingerprint density at radius 1 is 1.32 bits per heavy atom. The Bertz CT molecular complexity index is 379. The summed E-state index contributed by atoms with van der Waals surface area (Å²) in [4.78, 5) is 10.8. The predicted molar refractivity (Wildman–Crippen MR) is 79.2 cm³/mol. The predicted octanol–water partition coefficient (Wildman–Crippen LogP) is 2.33. The van der Waals surface area contributed by atoms with Crippen LogP contribution in [0.3, 0.4) is 0 Å². The van der Waals surface area contributed by atoms with Crippen molar-refractivity contribution in [1.82, 2.24) is 15.3 Å². The van der Waals surface area contributed by atoms with Gasteiger partial charge in [-0.2, -0.15) is 0 Å². The minimum atomic E-state index is 0.520. The molecular weight excluding hydrogens is 236 g/mol. The fourth-order valence-electron chi connectivity index (χ4n) is 2.79. The van der Waals surface area contributed by atoms with Crippen LogP contribution < -0.4 is 10.2 Å². The van der Waals surface area contributed by atoms with Crippen LogP contribution in [0.15, 0.2) is 18.7 Å². The van der Waals surface area contributed by atoms with Crippen molar-refractivity contribution >= 4 is 5.69 Å². The zero-order valence-corrected chi connectivity index (χ0v) is 12.5. The van der Waals surface area contributed by atoms with Crippen LogP contribution in [-0.4, -0.2) is 35.1 Å². The maximum Gasteiger partial charge on any atom is 0.115 e. The van der Waals surface area contributed by atoms with Crippen molar-refractivity contribution < 1.29 is 0 Å². The molecule has 2 heterocycles. The third-order valence-corrected chi connectivity index (χ3v) is 4.36. The Morgan fingerprint density at radius 2 is 2.00 bits per heavy atom. The zero-order valence-electron chi connectivity index (χ0n) is 12.5. The minimum Gasteiger partial charge on any atom is -0.363 e. The molecule has 1 saturated heterocycles. The Balaban J connectivity index is 2.18. The molecule has 0 bridgehead atoms. The summed E-state index contributed by atoms with van der Waals surface area (Å²) in [6, 6.07) is 1.08. The molecule has 0 aliphatic carbocycles. The van der Waals surface area contributed by atoms with E-state index in [4.69, 9.17) is 0 Å². The highest BCUT2D eigenvalue weighted by molar-refractivity contribution is 5.44. The van der Waals surface area contributed by atoms with Gasteiger partial charge in [0.15, 0.2) is 0 Å². The van der Waals surface area contributed by atoms with Crippen LogP contribution in [0.2, 0.25) is 0 Å². The van der Waals surface area contributed by atoms with Crippen molar-refractivity contribution in [1.29, 1.82) is 0 Å². The van der Waals surface area contributed by atoms with Crippen molar-refractivity contribution in [2.75, 3.05) is 18.0 Å². The number of anilines is 1. The van der Waals surface area contributed by atoms with Crippen LogP contribution >= 0.6 is 0 Å². The summed E-state index contributed by atoms with van der Waals surface area (Å²) in [5.41, 5.74) is 1.15. The quantitative estimate of drug-likeness (QED) is 0.904. The van der Waals surface area contributed by atoms with Crippen molar-refractivity contribution in [2.24, 2.45) is 11.8 Å². The lowest BCUT2D eigenvalue weighted by atomic mass is 9.92. The molecule has 0 spiro atoms. The number of rotatable bonds is 4. The van der Waals surface area contributed by atoms with Crippen LogP contribution in [-0.2, 0) is 0 Å². The van der Waals surface area contributed by atoms with E-state index >= 15 is 0 Å². The van der Waals surface area contributed by atoms with Crippen molar-refractivity contribution in [2.45, 2.75) is 46.2 Å². The largest absolute Gasteiger partial charge is 0.363 e. The van der Waals surface area contributed by atoms with Gasteiger partial charge in [-0.05, 0) is 11.8 Å². The van der Waals surface area contributed by atoms with E-state index in [-0.39, 0.29) is 0 Å². The monoisotopic (exact) mass is 262 g/mol. The lowest BCUT2D eigenvalue weighted by molar-refractivity contribution is 0.281. The second kappa shape index (κ2) is 6.33. The summed E-state index contributed by atoms with van der Waals surface area (Å²) in [7, 11) is 0. The molecule has 0 aromatic carbocycles. The molecule has 0 radical (unpaired) electrons. The molecule has 1 aromatic rings. The van der Waals surface area contributed by atoms with Gasteiger partial charge in [0.2, 0.25) is 0 Å². The van der Waals surface area contributed by atoms with Crippen molar-refractivity contribution in [3.05, 3.63) is 18.7 Å². The van der Waals surface area contributed by atoms with Gasteiger partial charge in [0, 0.05) is 25.2 Å². The van der Waals surface area contributed by atoms with Crippen LogP contribution in [0.4, 0.5) is 5.69 Å². The van der Waals surface area contributed by atoms with E-state index in [1.807, 2.05) is 12.4 Å². The standard InChI is InChI=1S/C15H26N4/c1-5-12(4)14-9-19(13-6-16-10-17-7-13)15(8-18-14)11(2)3/h6-7,10-12,14-15,18H,5,8-9H2,1-4H3. The molecule has 1 fully saturated rings. The number of hydrogen-bond acceptors (Lipinski definition) is 4. The highest BCUT2D eigenvalue weighted by atomic mass is 15.2. The Hall–Kier alpha value is -1.16. The number of aromatic nitrogens is 2. The first-order valence-electron chi connectivity index (χ1n) is 7.38. The van der Waals surface area contributed by atoms with Gasteiger partial charge in [-0.3, -0.25) is 0 Å². The third kappa shape index (κ3) is 3.24. The number of nitrogens with zero attached hydrogens (tertiary/aromatic N) is 3. The van der Waals surface area contributed by atoms with Gasteiger partial charge in [-0.25, -0.2) is 9.97 Å². The van der Waals surface area contributed by atoms with Crippen molar-refractivity contribution in [3.63, 3.8) is 0 Å². The zero-order chi connectivity index (χ0) is 13.8. The first-order valence-corrected chi connectivity index (χ1v) is 7.38. The molecule has 3 atom stereocenters. The van der Waals surface area contributed by atoms with E-state index in [1.165, 1.54) is 6.42 Å². The summed E-state index contributed by atoms with van der Waals surface area (Å²) in [6.45, 7) is 11.2. The molecule has 1 N–H and O–H groups in total. The first kappa shape index (κ1) is 14.3. The van der Waals surface area contributed by atoms with E-state index in [9.17, 15) is 0 Å². The average Bonchev–Trinajstić information content (AvgIpc) is 2.46. The molecular formula is C15H26N4. The molecule has 1 aromatic heterocycles. The number of nitrogens with one attached hydrogen (secondary N) is 1. The van der Waals surface area contributed by atoms with Gasteiger partial charge < -0.3 is 10.2 Å². The van der Waals surface area contributed by atoms with Gasteiger partial charge >= 0.3 is 0 Å². The molecule has 2 rings (SSSR count). The SMILES string of the molecule is CCC(C)C1CN(c2cncnc2)C(C(C)C)CN1. The fraction of sp³-hybridized carbons (Fsp3) is 0.733. The second-order valence-electron chi connectivity index (χ2n) is 5.96. The Labute approximate surface area is 116 Å².